The zero-order valence-electron chi connectivity index (χ0n) is 10.8. The molecule has 1 N–H and O–H groups in total. The fourth-order valence-electron chi connectivity index (χ4n) is 2.23. The minimum absolute atomic E-state index is 0.0270. The van der Waals surface area contributed by atoms with Gasteiger partial charge in [0.1, 0.15) is 11.6 Å². The molecule has 0 aromatic carbocycles. The lowest BCUT2D eigenvalue weighted by atomic mass is 9.88. The van der Waals surface area contributed by atoms with Gasteiger partial charge in [-0.15, -0.1) is 0 Å². The van der Waals surface area contributed by atoms with E-state index in [4.69, 9.17) is 0 Å². The molecule has 4 heteroatoms. The second-order valence-electron chi connectivity index (χ2n) is 4.95. The van der Waals surface area contributed by atoms with Crippen molar-refractivity contribution in [1.29, 1.82) is 0 Å². The zero-order chi connectivity index (χ0) is 12.5. The van der Waals surface area contributed by atoms with Gasteiger partial charge in [0.25, 0.3) is 0 Å². The Kier molecular flexibility index (Phi) is 3.61. The Bertz CT molecular complexity index is 301. The molecule has 1 fully saturated rings. The predicted molar refractivity (Wildman–Crippen MR) is 62.9 cm³/mol. The number of piperazine rings is 1. The van der Waals surface area contributed by atoms with Crippen LogP contribution < -0.4 is 5.32 Å². The van der Waals surface area contributed by atoms with Crippen molar-refractivity contribution in [3.63, 3.8) is 0 Å². The summed E-state index contributed by atoms with van der Waals surface area (Å²) in [5.41, 5.74) is -0.724. The molecule has 92 valence electrons. The number of rotatable bonds is 3. The summed E-state index contributed by atoms with van der Waals surface area (Å²) in [5.74, 6) is 0.155. The van der Waals surface area contributed by atoms with Crippen LogP contribution in [0.1, 0.15) is 41.0 Å². The van der Waals surface area contributed by atoms with Crippen LogP contribution in [0.2, 0.25) is 0 Å². The Balaban J connectivity index is 3.06. The molecule has 2 atom stereocenters. The Morgan fingerprint density at radius 1 is 1.38 bits per heavy atom. The van der Waals surface area contributed by atoms with Crippen molar-refractivity contribution in [2.45, 2.75) is 52.6 Å². The van der Waals surface area contributed by atoms with Crippen molar-refractivity contribution in [2.24, 2.45) is 5.92 Å². The Morgan fingerprint density at radius 2 is 1.94 bits per heavy atom. The van der Waals surface area contributed by atoms with E-state index in [2.05, 4.69) is 5.32 Å². The third-order valence-electron chi connectivity index (χ3n) is 3.42. The van der Waals surface area contributed by atoms with Crippen molar-refractivity contribution >= 4 is 11.8 Å². The van der Waals surface area contributed by atoms with Crippen molar-refractivity contribution < 1.29 is 9.59 Å². The van der Waals surface area contributed by atoms with Crippen molar-refractivity contribution in [3.8, 4) is 0 Å². The van der Waals surface area contributed by atoms with Gasteiger partial charge in [-0.25, -0.2) is 0 Å². The lowest BCUT2D eigenvalue weighted by molar-refractivity contribution is -0.156. The third kappa shape index (κ3) is 1.93. The highest BCUT2D eigenvalue weighted by atomic mass is 16.2. The summed E-state index contributed by atoms with van der Waals surface area (Å²) >= 11 is 0. The molecule has 0 aliphatic carbocycles. The highest BCUT2D eigenvalue weighted by molar-refractivity contribution is 5.99. The Labute approximate surface area is 97.4 Å². The van der Waals surface area contributed by atoms with Gasteiger partial charge in [0.2, 0.25) is 11.8 Å². The smallest absolute Gasteiger partial charge is 0.248 e. The van der Waals surface area contributed by atoms with Gasteiger partial charge < -0.3 is 10.2 Å². The molecular formula is C12H22N2O2. The van der Waals surface area contributed by atoms with E-state index in [-0.39, 0.29) is 23.8 Å². The molecule has 4 nitrogen and oxygen atoms in total. The van der Waals surface area contributed by atoms with Crippen LogP contribution in [0, 0.1) is 5.92 Å². The highest BCUT2D eigenvalue weighted by Gasteiger charge is 2.47. The van der Waals surface area contributed by atoms with Crippen molar-refractivity contribution in [1.82, 2.24) is 10.2 Å². The topological polar surface area (TPSA) is 49.4 Å². The summed E-state index contributed by atoms with van der Waals surface area (Å²) < 4.78 is 0. The standard InChI is InChI=1S/C12H22N2O2/c1-6-12(5)11(16)14(7-2)9(8(3)4)10(15)13-12/h8-9H,6-7H2,1-5H3,(H,13,15). The van der Waals surface area contributed by atoms with Gasteiger partial charge in [-0.2, -0.15) is 0 Å². The van der Waals surface area contributed by atoms with E-state index in [0.717, 1.165) is 0 Å². The first kappa shape index (κ1) is 13.0. The lowest BCUT2D eigenvalue weighted by Crippen LogP contribution is -2.70. The molecule has 0 saturated carbocycles. The van der Waals surface area contributed by atoms with E-state index in [1.54, 1.807) is 11.8 Å². The van der Waals surface area contributed by atoms with Gasteiger partial charge in [-0.05, 0) is 26.2 Å². The summed E-state index contributed by atoms with van der Waals surface area (Å²) in [6.45, 7) is 10.2. The van der Waals surface area contributed by atoms with Gasteiger partial charge in [0.05, 0.1) is 0 Å². The van der Waals surface area contributed by atoms with E-state index >= 15 is 0 Å². The van der Waals surface area contributed by atoms with Crippen LogP contribution >= 0.6 is 0 Å². The van der Waals surface area contributed by atoms with Crippen LogP contribution in [0.25, 0.3) is 0 Å². The normalized spacial score (nSPS) is 30.9. The van der Waals surface area contributed by atoms with Crippen LogP contribution in [-0.2, 0) is 9.59 Å². The Morgan fingerprint density at radius 3 is 2.31 bits per heavy atom. The molecule has 16 heavy (non-hydrogen) atoms. The quantitative estimate of drug-likeness (QED) is 0.785. The highest BCUT2D eigenvalue weighted by Crippen LogP contribution is 2.24. The summed E-state index contributed by atoms with van der Waals surface area (Å²) in [7, 11) is 0. The van der Waals surface area contributed by atoms with Crippen LogP contribution in [-0.4, -0.2) is 34.8 Å². The molecule has 0 aromatic rings. The van der Waals surface area contributed by atoms with Crippen molar-refractivity contribution in [3.05, 3.63) is 0 Å². The number of likely N-dealkylation sites (N-methyl/N-ethyl adjacent to an activating group) is 1. The molecule has 2 unspecified atom stereocenters. The molecule has 0 radical (unpaired) electrons. The fraction of sp³-hybridized carbons (Fsp3) is 0.833. The number of nitrogens with zero attached hydrogens (tertiary/aromatic N) is 1. The van der Waals surface area contributed by atoms with E-state index in [9.17, 15) is 9.59 Å². The van der Waals surface area contributed by atoms with Crippen LogP contribution in [0.3, 0.4) is 0 Å². The second-order valence-corrected chi connectivity index (χ2v) is 4.95. The first-order valence-corrected chi connectivity index (χ1v) is 6.00. The van der Waals surface area contributed by atoms with E-state index in [1.165, 1.54) is 0 Å². The fourth-order valence-corrected chi connectivity index (χ4v) is 2.23. The van der Waals surface area contributed by atoms with Gasteiger partial charge in [0, 0.05) is 6.54 Å². The first-order chi connectivity index (χ1) is 7.37. The third-order valence-corrected chi connectivity index (χ3v) is 3.42. The number of nitrogens with one attached hydrogen (secondary N) is 1. The number of carbonyl (C=O) groups excluding carboxylic acids is 2. The average molecular weight is 226 g/mol. The van der Waals surface area contributed by atoms with Crippen LogP contribution in [0.5, 0.6) is 0 Å². The molecule has 1 heterocycles. The molecule has 1 rings (SSSR count). The van der Waals surface area contributed by atoms with E-state index < -0.39 is 5.54 Å². The van der Waals surface area contributed by atoms with Crippen molar-refractivity contribution in [2.75, 3.05) is 6.54 Å². The lowest BCUT2D eigenvalue weighted by Gasteiger charge is -2.45. The minimum atomic E-state index is -0.724. The summed E-state index contributed by atoms with van der Waals surface area (Å²) in [6, 6.07) is -0.322. The number of carbonyl (C=O) groups is 2. The SMILES string of the molecule is CCN1C(=O)C(C)(CC)NC(=O)C1C(C)C. The summed E-state index contributed by atoms with van der Waals surface area (Å²) in [4.78, 5) is 26.0. The zero-order valence-corrected chi connectivity index (χ0v) is 10.8. The summed E-state index contributed by atoms with van der Waals surface area (Å²) in [5, 5.41) is 2.86. The molecule has 0 aromatic heterocycles. The van der Waals surface area contributed by atoms with E-state index in [0.29, 0.717) is 13.0 Å². The minimum Gasteiger partial charge on any atom is -0.340 e. The largest absolute Gasteiger partial charge is 0.340 e. The van der Waals surface area contributed by atoms with Crippen LogP contribution in [0.4, 0.5) is 0 Å². The van der Waals surface area contributed by atoms with E-state index in [1.807, 2.05) is 27.7 Å². The molecule has 1 saturated heterocycles. The number of hydrogen-bond donors (Lipinski definition) is 1. The monoisotopic (exact) mass is 226 g/mol. The number of hydrogen-bond acceptors (Lipinski definition) is 2. The molecular weight excluding hydrogens is 204 g/mol. The van der Waals surface area contributed by atoms with Crippen LogP contribution in [0.15, 0.2) is 0 Å². The maximum atomic E-state index is 12.3. The van der Waals surface area contributed by atoms with Gasteiger partial charge >= 0.3 is 0 Å². The predicted octanol–water partition coefficient (Wildman–Crippen LogP) is 1.16. The molecule has 0 spiro atoms. The first-order valence-electron chi connectivity index (χ1n) is 6.00. The van der Waals surface area contributed by atoms with Gasteiger partial charge in [0.15, 0.2) is 0 Å². The van der Waals surface area contributed by atoms with Gasteiger partial charge in [-0.3, -0.25) is 9.59 Å². The number of amides is 2. The molecule has 1 aliphatic heterocycles. The molecule has 1 aliphatic rings. The summed E-state index contributed by atoms with van der Waals surface area (Å²) in [6.07, 6.45) is 0.624. The second kappa shape index (κ2) is 4.44. The Hall–Kier alpha value is -1.06. The van der Waals surface area contributed by atoms with Gasteiger partial charge in [-0.1, -0.05) is 20.8 Å². The molecule has 0 bridgehead atoms. The average Bonchev–Trinajstić information content (AvgIpc) is 2.22. The maximum Gasteiger partial charge on any atom is 0.248 e. The molecule has 2 amide bonds. The maximum absolute atomic E-state index is 12.3.